The lowest BCUT2D eigenvalue weighted by atomic mass is 9.88. The van der Waals surface area contributed by atoms with Crippen molar-refractivity contribution in [3.05, 3.63) is 71.3 Å². The van der Waals surface area contributed by atoms with E-state index in [1.807, 2.05) is 70.2 Å². The first-order valence-corrected chi connectivity index (χ1v) is 11.4. The number of aryl methyl sites for hydroxylation is 1. The van der Waals surface area contributed by atoms with Gasteiger partial charge in [0.05, 0.1) is 5.69 Å². The van der Waals surface area contributed by atoms with E-state index >= 15 is 0 Å². The molecule has 3 heterocycles. The zero-order valence-corrected chi connectivity index (χ0v) is 20.5. The van der Waals surface area contributed by atoms with E-state index < -0.39 is 5.41 Å². The van der Waals surface area contributed by atoms with Crippen molar-refractivity contribution in [3.63, 3.8) is 0 Å². The Kier molecular flexibility index (Phi) is 5.44. The SMILES string of the molecule is Cc1c(C(=O)C(C)(C)C)oc2nc(-c3ccc(-c4ncon4)cc3N)c(-c3ccc(Cl)cc3)cc12. The summed E-state index contributed by atoms with van der Waals surface area (Å²) >= 11 is 6.14. The van der Waals surface area contributed by atoms with Crippen LogP contribution in [0, 0.1) is 12.3 Å². The van der Waals surface area contributed by atoms with Crippen LogP contribution in [0.2, 0.25) is 5.02 Å². The molecule has 0 amide bonds. The summed E-state index contributed by atoms with van der Waals surface area (Å²) < 4.78 is 10.9. The first-order valence-electron chi connectivity index (χ1n) is 11.0. The summed E-state index contributed by atoms with van der Waals surface area (Å²) in [6, 6.07) is 15.0. The van der Waals surface area contributed by atoms with Gasteiger partial charge >= 0.3 is 0 Å². The van der Waals surface area contributed by atoms with Gasteiger partial charge in [0.1, 0.15) is 0 Å². The van der Waals surface area contributed by atoms with Crippen molar-refractivity contribution in [2.45, 2.75) is 27.7 Å². The maximum Gasteiger partial charge on any atom is 0.227 e. The lowest BCUT2D eigenvalue weighted by molar-refractivity contribution is 0.0829. The molecule has 0 aliphatic rings. The molecule has 7 nitrogen and oxygen atoms in total. The van der Waals surface area contributed by atoms with Crippen LogP contribution in [0.3, 0.4) is 0 Å². The summed E-state index contributed by atoms with van der Waals surface area (Å²) in [5.41, 5.74) is 11.3. The Labute approximate surface area is 206 Å². The first-order chi connectivity index (χ1) is 16.6. The van der Waals surface area contributed by atoms with Crippen molar-refractivity contribution in [1.29, 1.82) is 0 Å². The number of halogens is 1. The maximum atomic E-state index is 13.0. The monoisotopic (exact) mass is 486 g/mol. The lowest BCUT2D eigenvalue weighted by Crippen LogP contribution is -2.20. The molecule has 0 saturated carbocycles. The van der Waals surface area contributed by atoms with Gasteiger partial charge in [-0.1, -0.05) is 55.7 Å². The smallest absolute Gasteiger partial charge is 0.227 e. The third-order valence-electron chi connectivity index (χ3n) is 5.90. The largest absolute Gasteiger partial charge is 0.434 e. The summed E-state index contributed by atoms with van der Waals surface area (Å²) in [5, 5.41) is 5.28. The normalized spacial score (nSPS) is 11.8. The molecule has 0 spiro atoms. The number of carbonyl (C=O) groups excluding carboxylic acids is 1. The van der Waals surface area contributed by atoms with Crippen molar-refractivity contribution in [1.82, 2.24) is 15.1 Å². The van der Waals surface area contributed by atoms with Gasteiger partial charge < -0.3 is 14.7 Å². The van der Waals surface area contributed by atoms with E-state index in [4.69, 9.17) is 31.3 Å². The number of nitrogens with zero attached hydrogens (tertiary/aromatic N) is 3. The highest BCUT2D eigenvalue weighted by atomic mass is 35.5. The standard InChI is InChI=1S/C27H23ClN4O3/c1-14-19-12-20(15-5-8-17(28)9-6-15)22(31-26(19)35-23(14)24(33)27(2,3)4)18-10-7-16(11-21(18)29)25-30-13-34-32-25/h5-13H,29H2,1-4H3. The van der Waals surface area contributed by atoms with E-state index in [1.54, 1.807) is 6.07 Å². The van der Waals surface area contributed by atoms with Gasteiger partial charge in [-0.05, 0) is 42.8 Å². The number of nitrogens with two attached hydrogens (primary N) is 1. The van der Waals surface area contributed by atoms with Gasteiger partial charge in [0.2, 0.25) is 23.7 Å². The third-order valence-corrected chi connectivity index (χ3v) is 6.15. The Bertz CT molecular complexity index is 1560. The molecule has 0 fully saturated rings. The topological polar surface area (TPSA) is 108 Å². The van der Waals surface area contributed by atoms with Crippen molar-refractivity contribution in [2.75, 3.05) is 5.73 Å². The summed E-state index contributed by atoms with van der Waals surface area (Å²) in [6.45, 7) is 7.48. The number of aromatic nitrogens is 3. The van der Waals surface area contributed by atoms with E-state index in [0.717, 1.165) is 27.6 Å². The number of pyridine rings is 1. The third kappa shape index (κ3) is 4.08. The number of furan rings is 1. The Hall–Kier alpha value is -3.97. The molecule has 2 N–H and O–H groups in total. The molecule has 8 heteroatoms. The highest BCUT2D eigenvalue weighted by molar-refractivity contribution is 6.30. The molecule has 0 saturated heterocycles. The minimum atomic E-state index is -0.587. The quantitative estimate of drug-likeness (QED) is 0.215. The van der Waals surface area contributed by atoms with E-state index in [2.05, 4.69) is 10.1 Å². The van der Waals surface area contributed by atoms with E-state index in [1.165, 1.54) is 6.39 Å². The number of benzene rings is 2. The second kappa shape index (κ2) is 8.36. The molecule has 176 valence electrons. The number of rotatable bonds is 4. The number of hydrogen-bond donors (Lipinski definition) is 1. The van der Waals surface area contributed by atoms with Crippen LogP contribution >= 0.6 is 11.6 Å². The van der Waals surface area contributed by atoms with Gasteiger partial charge in [0.15, 0.2) is 5.76 Å². The lowest BCUT2D eigenvalue weighted by Gasteiger charge is -2.14. The molecule has 2 aromatic carbocycles. The average molecular weight is 487 g/mol. The molecule has 0 aliphatic heterocycles. The Morgan fingerprint density at radius 1 is 1.00 bits per heavy atom. The second-order valence-corrected chi connectivity index (χ2v) is 9.87. The molecule has 5 aromatic rings. The molecule has 0 aliphatic carbocycles. The number of fused-ring (bicyclic) bond motifs is 1. The Morgan fingerprint density at radius 2 is 1.71 bits per heavy atom. The Morgan fingerprint density at radius 3 is 2.34 bits per heavy atom. The van der Waals surface area contributed by atoms with E-state index in [0.29, 0.717) is 39.3 Å². The molecular formula is C27H23ClN4O3. The van der Waals surface area contributed by atoms with Crippen LogP contribution in [-0.4, -0.2) is 20.9 Å². The zero-order valence-electron chi connectivity index (χ0n) is 19.7. The number of anilines is 1. The molecule has 0 radical (unpaired) electrons. The number of nitrogen functional groups attached to an aromatic ring is 1. The van der Waals surface area contributed by atoms with Crippen LogP contribution in [0.4, 0.5) is 5.69 Å². The predicted molar refractivity (Wildman–Crippen MR) is 136 cm³/mol. The first kappa shape index (κ1) is 22.8. The fourth-order valence-corrected chi connectivity index (χ4v) is 4.09. The second-order valence-electron chi connectivity index (χ2n) is 9.44. The van der Waals surface area contributed by atoms with Gasteiger partial charge in [-0.3, -0.25) is 4.79 Å². The fourth-order valence-electron chi connectivity index (χ4n) is 3.97. The van der Waals surface area contributed by atoms with Crippen LogP contribution in [-0.2, 0) is 0 Å². The molecule has 0 bridgehead atoms. The maximum absolute atomic E-state index is 13.0. The fraction of sp³-hybridized carbons (Fsp3) is 0.185. The molecule has 3 aromatic heterocycles. The minimum Gasteiger partial charge on any atom is -0.434 e. The van der Waals surface area contributed by atoms with E-state index in [9.17, 15) is 4.79 Å². The van der Waals surface area contributed by atoms with Crippen LogP contribution in [0.1, 0.15) is 36.9 Å². The zero-order chi connectivity index (χ0) is 24.9. The summed E-state index contributed by atoms with van der Waals surface area (Å²) in [5.74, 6) is 0.683. The molecule has 5 rings (SSSR count). The summed E-state index contributed by atoms with van der Waals surface area (Å²) in [4.78, 5) is 22.0. The van der Waals surface area contributed by atoms with Crippen molar-refractivity contribution in [3.8, 4) is 33.8 Å². The van der Waals surface area contributed by atoms with Crippen molar-refractivity contribution >= 4 is 34.2 Å². The van der Waals surface area contributed by atoms with Crippen LogP contribution in [0.5, 0.6) is 0 Å². The predicted octanol–water partition coefficient (Wildman–Crippen LogP) is 6.98. The van der Waals surface area contributed by atoms with Crippen LogP contribution in [0.25, 0.3) is 44.9 Å². The number of carbonyl (C=O) groups is 1. The number of ketones is 1. The van der Waals surface area contributed by atoms with Crippen LogP contribution < -0.4 is 5.73 Å². The highest BCUT2D eigenvalue weighted by Crippen LogP contribution is 2.40. The minimum absolute atomic E-state index is 0.0772. The molecule has 35 heavy (non-hydrogen) atoms. The average Bonchev–Trinajstić information content (AvgIpc) is 3.46. The van der Waals surface area contributed by atoms with Gasteiger partial charge in [-0.15, -0.1) is 0 Å². The van der Waals surface area contributed by atoms with Crippen molar-refractivity contribution in [2.24, 2.45) is 5.41 Å². The highest BCUT2D eigenvalue weighted by Gasteiger charge is 2.29. The van der Waals surface area contributed by atoms with Gasteiger partial charge in [-0.25, -0.2) is 4.98 Å². The van der Waals surface area contributed by atoms with Gasteiger partial charge in [-0.2, -0.15) is 4.98 Å². The van der Waals surface area contributed by atoms with Gasteiger partial charge in [0.25, 0.3) is 0 Å². The van der Waals surface area contributed by atoms with Crippen molar-refractivity contribution < 1.29 is 13.7 Å². The summed E-state index contributed by atoms with van der Waals surface area (Å²) in [6.07, 6.45) is 1.27. The number of hydrogen-bond acceptors (Lipinski definition) is 7. The summed E-state index contributed by atoms with van der Waals surface area (Å²) in [7, 11) is 0. The van der Waals surface area contributed by atoms with Gasteiger partial charge in [0, 0.05) is 43.8 Å². The van der Waals surface area contributed by atoms with Crippen LogP contribution in [0.15, 0.2) is 63.9 Å². The molecular weight excluding hydrogens is 464 g/mol. The Balaban J connectivity index is 1.75. The molecule has 0 unspecified atom stereocenters. The van der Waals surface area contributed by atoms with E-state index in [-0.39, 0.29) is 5.78 Å². The number of Topliss-reactive ketones (excluding diaryl/α,β-unsaturated/α-hetero) is 1. The molecule has 0 atom stereocenters.